The molecule has 19 heteroatoms. The van der Waals surface area contributed by atoms with Crippen LogP contribution in [0.15, 0.2) is 35.3 Å². The van der Waals surface area contributed by atoms with Crippen LogP contribution >= 0.6 is 0 Å². The van der Waals surface area contributed by atoms with Crippen molar-refractivity contribution >= 4 is 34.8 Å². The zero-order valence-electron chi connectivity index (χ0n) is 20.8. The normalized spacial score (nSPS) is 9.44. The molecule has 0 aliphatic heterocycles. The summed E-state index contributed by atoms with van der Waals surface area (Å²) < 4.78 is 0. The van der Waals surface area contributed by atoms with Crippen molar-refractivity contribution in [2.24, 2.45) is 0 Å². The van der Waals surface area contributed by atoms with Crippen molar-refractivity contribution in [1.29, 1.82) is 0 Å². The molecule has 1 amide bonds. The van der Waals surface area contributed by atoms with Crippen molar-refractivity contribution in [3.63, 3.8) is 0 Å². The van der Waals surface area contributed by atoms with Crippen LogP contribution in [-0.4, -0.2) is 87.4 Å². The van der Waals surface area contributed by atoms with E-state index in [0.717, 1.165) is 11.1 Å². The molecule has 3 aromatic rings. The maximum Gasteiger partial charge on any atom is 1.00 e. The molecule has 0 aliphatic rings. The van der Waals surface area contributed by atoms with Gasteiger partial charge in [0.05, 0.1) is 5.39 Å². The van der Waals surface area contributed by atoms with E-state index < -0.39 is 23.9 Å². The summed E-state index contributed by atoms with van der Waals surface area (Å²) in [5.74, 6) is -3.00. The van der Waals surface area contributed by atoms with Gasteiger partial charge in [-0.15, -0.1) is 0 Å². The topological polar surface area (TPSA) is 412 Å². The number of rotatable bonds is 9. The number of aliphatic carboxylic acids is 2. The number of carbonyl (C=O) groups excluding carboxylic acids is 1. The predicted molar refractivity (Wildman–Crippen MR) is 136 cm³/mol. The van der Waals surface area contributed by atoms with Gasteiger partial charge in [-0.1, -0.05) is 12.1 Å². The van der Waals surface area contributed by atoms with Crippen molar-refractivity contribution in [2.45, 2.75) is 31.7 Å². The largest absolute Gasteiger partial charge is 1.00 e. The number of hydrogen-bond acceptors (Lipinski definition) is 6. The monoisotopic (exact) mass is 576 g/mol. The van der Waals surface area contributed by atoms with E-state index in [1.165, 1.54) is 0 Å². The number of fused-ring (bicyclic) bond motifs is 1. The van der Waals surface area contributed by atoms with Crippen LogP contribution in [0.1, 0.15) is 34.3 Å². The fourth-order valence-electron chi connectivity index (χ4n) is 3.19. The summed E-state index contributed by atoms with van der Waals surface area (Å²) in [7, 11) is 0. The number of carboxylic acid groups (broad SMARTS) is 2. The number of carboxylic acids is 2. The Morgan fingerprint density at radius 1 is 0.949 bits per heavy atom. The fourth-order valence-corrected chi connectivity index (χ4v) is 3.19. The van der Waals surface area contributed by atoms with Crippen LogP contribution in [0.25, 0.3) is 11.0 Å². The quantitative estimate of drug-likeness (QED) is 0.132. The molecule has 0 saturated carbocycles. The average Bonchev–Trinajstić information content (AvgIpc) is 3.12. The standard InChI is InChI=1S/C20H21N5O6.Na.7H2O/c21-20-24-16-15(18(29)25-20)12(9-22-16)6-3-10-1-4-11(5-2-10)17(28)23-13(19(30)31)7-8-14(26)27;;;;;;;;/h1-2,4-5,9,13H,3,6-8H2,(H,23,28)(H,26,27)(H,30,31)(H4,21,22,24,25,29);;7*1H2/q;+1;;;;;;;/t13-;;;;;;;;/m0......../s1. The number of nitrogens with zero attached hydrogens (tertiary/aromatic N) is 1. The number of anilines is 1. The Labute approximate surface area is 242 Å². The first-order valence-corrected chi connectivity index (χ1v) is 9.44. The van der Waals surface area contributed by atoms with Gasteiger partial charge in [0.1, 0.15) is 11.7 Å². The van der Waals surface area contributed by atoms with E-state index in [2.05, 4.69) is 20.3 Å². The Kier molecular flexibility index (Phi) is 26.8. The third-order valence-corrected chi connectivity index (χ3v) is 4.79. The Bertz CT molecular complexity index is 1200. The molecule has 0 saturated heterocycles. The Morgan fingerprint density at radius 3 is 2.03 bits per heavy atom. The SMILES string of the molecule is Nc1nc2[nH]cc(CCc3ccc(C(=O)N[C@@H](CCC(=O)O)C(=O)O)cc3)c2c(=O)[nH]1.O.O.O.O.O.O.O.[Na+]. The van der Waals surface area contributed by atoms with Gasteiger partial charge in [0.25, 0.3) is 11.5 Å². The van der Waals surface area contributed by atoms with Crippen molar-refractivity contribution in [3.8, 4) is 0 Å². The molecule has 218 valence electrons. The van der Waals surface area contributed by atoms with Gasteiger partial charge >= 0.3 is 41.5 Å². The summed E-state index contributed by atoms with van der Waals surface area (Å²) in [6, 6.07) is 5.30. The minimum atomic E-state index is -1.30. The van der Waals surface area contributed by atoms with Crippen LogP contribution in [0, 0.1) is 0 Å². The van der Waals surface area contributed by atoms with Crippen molar-refractivity contribution < 1.29 is 92.5 Å². The van der Waals surface area contributed by atoms with Crippen LogP contribution < -0.4 is 46.2 Å². The number of aromatic amines is 2. The van der Waals surface area contributed by atoms with E-state index in [1.807, 2.05) is 0 Å². The van der Waals surface area contributed by atoms with Crippen molar-refractivity contribution in [2.75, 3.05) is 5.73 Å². The first-order valence-electron chi connectivity index (χ1n) is 9.44. The number of nitrogens with two attached hydrogens (primary N) is 1. The second-order valence-corrected chi connectivity index (χ2v) is 6.98. The van der Waals surface area contributed by atoms with Crippen LogP contribution in [0.3, 0.4) is 0 Å². The zero-order valence-corrected chi connectivity index (χ0v) is 22.8. The molecule has 39 heavy (non-hydrogen) atoms. The van der Waals surface area contributed by atoms with Gasteiger partial charge in [-0.25, -0.2) is 4.79 Å². The number of hydrogen-bond donors (Lipinski definition) is 6. The second kappa shape index (κ2) is 21.5. The van der Waals surface area contributed by atoms with Crippen molar-refractivity contribution in [1.82, 2.24) is 20.3 Å². The van der Waals surface area contributed by atoms with Gasteiger partial charge in [-0.2, -0.15) is 4.98 Å². The van der Waals surface area contributed by atoms with Crippen LogP contribution in [-0.2, 0) is 22.4 Å². The maximum atomic E-state index is 12.3. The first kappa shape index (κ1) is 48.6. The molecule has 0 radical (unpaired) electrons. The van der Waals surface area contributed by atoms with E-state index in [0.29, 0.717) is 23.9 Å². The molecule has 0 aliphatic carbocycles. The van der Waals surface area contributed by atoms with E-state index in [4.69, 9.17) is 15.9 Å². The van der Waals surface area contributed by atoms with E-state index in [1.54, 1.807) is 30.5 Å². The predicted octanol–water partition coefficient (Wildman–Crippen LogP) is -8.10. The number of aryl methyl sites for hydroxylation is 2. The molecule has 18 nitrogen and oxygen atoms in total. The summed E-state index contributed by atoms with van der Waals surface area (Å²) in [6.45, 7) is 0. The summed E-state index contributed by atoms with van der Waals surface area (Å²) in [5, 5.41) is 20.6. The van der Waals surface area contributed by atoms with Gasteiger partial charge in [0, 0.05) is 18.2 Å². The Hall–Kier alpha value is -3.43. The Morgan fingerprint density at radius 2 is 1.51 bits per heavy atom. The molecule has 21 N–H and O–H groups in total. The summed E-state index contributed by atoms with van der Waals surface area (Å²) in [6.07, 6.45) is 2.27. The van der Waals surface area contributed by atoms with Crippen molar-refractivity contribution in [3.05, 3.63) is 57.5 Å². The minimum absolute atomic E-state index is 0. The number of amides is 1. The molecule has 0 unspecified atom stereocenters. The van der Waals surface area contributed by atoms with Gasteiger partial charge < -0.3 is 64.6 Å². The van der Waals surface area contributed by atoms with E-state index in [9.17, 15) is 19.2 Å². The number of nitrogen functional groups attached to an aromatic ring is 1. The number of aromatic nitrogens is 3. The molecule has 0 bridgehead atoms. The minimum Gasteiger partial charge on any atom is -0.481 e. The van der Waals surface area contributed by atoms with Crippen LogP contribution in [0.4, 0.5) is 5.95 Å². The third kappa shape index (κ3) is 12.8. The third-order valence-electron chi connectivity index (χ3n) is 4.79. The molecule has 2 aromatic heterocycles. The molecule has 3 rings (SSSR count). The van der Waals surface area contributed by atoms with Gasteiger partial charge in [0.2, 0.25) is 5.95 Å². The van der Waals surface area contributed by atoms with Gasteiger partial charge in [-0.3, -0.25) is 19.4 Å². The number of benzene rings is 1. The molecule has 2 heterocycles. The molecule has 1 aromatic carbocycles. The average molecular weight is 577 g/mol. The smallest absolute Gasteiger partial charge is 0.481 e. The summed E-state index contributed by atoms with van der Waals surface area (Å²) >= 11 is 0. The number of carbonyl (C=O) groups is 3. The van der Waals surface area contributed by atoms with Crippen LogP contribution in [0.5, 0.6) is 0 Å². The zero-order chi connectivity index (χ0) is 22.5. The molecule has 1 atom stereocenters. The Balaban J connectivity index is -0.000000340. The number of H-pyrrole nitrogens is 2. The first-order chi connectivity index (χ1) is 14.7. The molecule has 0 spiro atoms. The molecular weight excluding hydrogens is 541 g/mol. The van der Waals surface area contributed by atoms with Crippen LogP contribution in [0.2, 0.25) is 0 Å². The fraction of sp³-hybridized carbons (Fsp3) is 0.250. The maximum absolute atomic E-state index is 12.3. The van der Waals surface area contributed by atoms with E-state index >= 15 is 0 Å². The van der Waals surface area contributed by atoms with Gasteiger partial charge in [0.15, 0.2) is 0 Å². The summed E-state index contributed by atoms with van der Waals surface area (Å²) in [5.41, 5.74) is 7.59. The van der Waals surface area contributed by atoms with Gasteiger partial charge in [-0.05, 0) is 42.5 Å². The molecular formula is C20H35N5NaO13+. The second-order valence-electron chi connectivity index (χ2n) is 6.98. The summed E-state index contributed by atoms with van der Waals surface area (Å²) in [4.78, 5) is 55.7. The van der Waals surface area contributed by atoms with E-state index in [-0.39, 0.29) is 97.8 Å². The number of nitrogens with one attached hydrogen (secondary N) is 3. The molecule has 0 fully saturated rings.